The van der Waals surface area contributed by atoms with E-state index in [1.54, 1.807) is 6.07 Å². The van der Waals surface area contributed by atoms with E-state index in [1.807, 2.05) is 6.92 Å². The molecule has 0 aliphatic heterocycles. The Labute approximate surface area is 78.1 Å². The molecule has 0 amide bonds. The molecular formula is C9H15N3O. The van der Waals surface area contributed by atoms with Gasteiger partial charge < -0.3 is 10.5 Å². The van der Waals surface area contributed by atoms with E-state index in [-0.39, 0.29) is 0 Å². The van der Waals surface area contributed by atoms with E-state index in [0.717, 1.165) is 18.7 Å². The molecule has 0 atom stereocenters. The molecule has 4 heteroatoms. The fourth-order valence-electron chi connectivity index (χ4n) is 1.05. The van der Waals surface area contributed by atoms with Gasteiger partial charge in [0.1, 0.15) is 11.6 Å². The average molecular weight is 181 g/mol. The van der Waals surface area contributed by atoms with Gasteiger partial charge in [-0.25, -0.2) is 4.98 Å². The molecule has 0 unspecified atom stereocenters. The lowest BCUT2D eigenvalue weighted by Gasteiger charge is -2.04. The molecule has 2 N–H and O–H groups in total. The van der Waals surface area contributed by atoms with Crippen molar-refractivity contribution in [1.29, 1.82) is 0 Å². The van der Waals surface area contributed by atoms with Crippen molar-refractivity contribution in [2.24, 2.45) is 0 Å². The van der Waals surface area contributed by atoms with E-state index in [9.17, 15) is 0 Å². The van der Waals surface area contributed by atoms with Crippen LogP contribution >= 0.6 is 0 Å². The molecule has 0 aromatic carbocycles. The maximum atomic E-state index is 5.59. The minimum atomic E-state index is 0.474. The van der Waals surface area contributed by atoms with Gasteiger partial charge >= 0.3 is 0 Å². The second-order valence-corrected chi connectivity index (χ2v) is 2.73. The van der Waals surface area contributed by atoms with E-state index >= 15 is 0 Å². The van der Waals surface area contributed by atoms with E-state index in [1.165, 1.54) is 0 Å². The molecule has 1 rings (SSSR count). The predicted octanol–water partition coefficient (Wildman–Crippen LogP) is 1.41. The zero-order chi connectivity index (χ0) is 9.68. The number of aryl methyl sites for hydroxylation is 1. The van der Waals surface area contributed by atoms with Crippen LogP contribution in [-0.4, -0.2) is 16.6 Å². The first-order valence-electron chi connectivity index (χ1n) is 4.52. The maximum absolute atomic E-state index is 5.59. The van der Waals surface area contributed by atoms with Crippen molar-refractivity contribution in [2.75, 3.05) is 12.3 Å². The quantitative estimate of drug-likeness (QED) is 0.762. The third-order valence-electron chi connectivity index (χ3n) is 1.53. The lowest BCUT2D eigenvalue weighted by molar-refractivity contribution is 0.325. The largest absolute Gasteiger partial charge is 0.478 e. The highest BCUT2D eigenvalue weighted by atomic mass is 16.5. The van der Waals surface area contributed by atoms with Crippen LogP contribution in [0.15, 0.2) is 6.07 Å². The molecule has 0 aliphatic rings. The Kier molecular flexibility index (Phi) is 3.49. The number of nitrogens with two attached hydrogens (primary N) is 1. The first-order chi connectivity index (χ1) is 6.26. The minimum Gasteiger partial charge on any atom is -0.478 e. The number of aromatic nitrogens is 2. The topological polar surface area (TPSA) is 61.0 Å². The van der Waals surface area contributed by atoms with Crippen LogP contribution in [0.25, 0.3) is 0 Å². The summed E-state index contributed by atoms with van der Waals surface area (Å²) in [5, 5.41) is 0. The average Bonchev–Trinajstić information content (AvgIpc) is 2.04. The van der Waals surface area contributed by atoms with E-state index in [2.05, 4.69) is 16.9 Å². The van der Waals surface area contributed by atoms with Crippen molar-refractivity contribution in [1.82, 2.24) is 9.97 Å². The molecule has 13 heavy (non-hydrogen) atoms. The Morgan fingerprint density at radius 3 is 2.77 bits per heavy atom. The predicted molar refractivity (Wildman–Crippen MR) is 51.6 cm³/mol. The summed E-state index contributed by atoms with van der Waals surface area (Å²) in [5.74, 6) is 1.80. The summed E-state index contributed by atoms with van der Waals surface area (Å²) in [6, 6.07) is 1.64. The summed E-state index contributed by atoms with van der Waals surface area (Å²) < 4.78 is 5.24. The van der Waals surface area contributed by atoms with Crippen molar-refractivity contribution >= 4 is 5.82 Å². The highest BCUT2D eigenvalue weighted by molar-refractivity contribution is 5.32. The van der Waals surface area contributed by atoms with Crippen LogP contribution in [0, 0.1) is 0 Å². The summed E-state index contributed by atoms with van der Waals surface area (Å²) in [4.78, 5) is 8.29. The van der Waals surface area contributed by atoms with Crippen LogP contribution < -0.4 is 10.5 Å². The SMILES string of the molecule is CCCc1nc(N)cc(OCC)n1. The highest BCUT2D eigenvalue weighted by Gasteiger charge is 2.01. The number of anilines is 1. The van der Waals surface area contributed by atoms with E-state index in [4.69, 9.17) is 10.5 Å². The molecule has 0 spiro atoms. The van der Waals surface area contributed by atoms with Gasteiger partial charge in [-0.2, -0.15) is 4.98 Å². The second kappa shape index (κ2) is 4.64. The molecule has 0 bridgehead atoms. The summed E-state index contributed by atoms with van der Waals surface area (Å²) in [5.41, 5.74) is 5.59. The van der Waals surface area contributed by atoms with E-state index in [0.29, 0.717) is 18.3 Å². The van der Waals surface area contributed by atoms with Crippen LogP contribution in [-0.2, 0) is 6.42 Å². The Bertz CT molecular complexity index is 251. The Balaban J connectivity index is 2.83. The van der Waals surface area contributed by atoms with Gasteiger partial charge in [0.15, 0.2) is 0 Å². The van der Waals surface area contributed by atoms with Gasteiger partial charge in [0, 0.05) is 12.5 Å². The number of nitrogen functional groups attached to an aromatic ring is 1. The maximum Gasteiger partial charge on any atom is 0.218 e. The zero-order valence-electron chi connectivity index (χ0n) is 8.08. The van der Waals surface area contributed by atoms with Gasteiger partial charge in [0.2, 0.25) is 5.88 Å². The van der Waals surface area contributed by atoms with Crippen LogP contribution in [0.1, 0.15) is 26.1 Å². The number of ether oxygens (including phenoxy) is 1. The molecule has 4 nitrogen and oxygen atoms in total. The van der Waals surface area contributed by atoms with Gasteiger partial charge in [-0.05, 0) is 13.3 Å². The summed E-state index contributed by atoms with van der Waals surface area (Å²) >= 11 is 0. The molecule has 0 saturated carbocycles. The molecule has 1 aromatic heterocycles. The van der Waals surface area contributed by atoms with Crippen molar-refractivity contribution in [3.8, 4) is 5.88 Å². The van der Waals surface area contributed by atoms with Crippen molar-refractivity contribution in [3.63, 3.8) is 0 Å². The Hall–Kier alpha value is -1.32. The number of hydrogen-bond donors (Lipinski definition) is 1. The standard InChI is InChI=1S/C9H15N3O/c1-3-5-8-11-7(10)6-9(12-8)13-4-2/h6H,3-5H2,1-2H3,(H2,10,11,12). The van der Waals surface area contributed by atoms with E-state index < -0.39 is 0 Å². The third kappa shape index (κ3) is 2.89. The molecular weight excluding hydrogens is 166 g/mol. The first kappa shape index (κ1) is 9.77. The van der Waals surface area contributed by atoms with Crippen molar-refractivity contribution in [3.05, 3.63) is 11.9 Å². The minimum absolute atomic E-state index is 0.474. The number of rotatable bonds is 4. The normalized spacial score (nSPS) is 10.0. The molecule has 1 aromatic rings. The molecule has 0 fully saturated rings. The summed E-state index contributed by atoms with van der Waals surface area (Å²) in [6.07, 6.45) is 1.85. The fraction of sp³-hybridized carbons (Fsp3) is 0.556. The zero-order valence-corrected chi connectivity index (χ0v) is 8.08. The fourth-order valence-corrected chi connectivity index (χ4v) is 1.05. The number of hydrogen-bond acceptors (Lipinski definition) is 4. The molecule has 72 valence electrons. The molecule has 0 saturated heterocycles. The van der Waals surface area contributed by atoms with Crippen LogP contribution in [0.2, 0.25) is 0 Å². The number of nitrogens with zero attached hydrogens (tertiary/aromatic N) is 2. The van der Waals surface area contributed by atoms with Gasteiger partial charge in [-0.15, -0.1) is 0 Å². The third-order valence-corrected chi connectivity index (χ3v) is 1.53. The van der Waals surface area contributed by atoms with Crippen molar-refractivity contribution in [2.45, 2.75) is 26.7 Å². The van der Waals surface area contributed by atoms with Gasteiger partial charge in [-0.1, -0.05) is 6.92 Å². The molecule has 1 heterocycles. The summed E-state index contributed by atoms with van der Waals surface area (Å²) in [7, 11) is 0. The second-order valence-electron chi connectivity index (χ2n) is 2.73. The summed E-state index contributed by atoms with van der Waals surface area (Å²) in [6.45, 7) is 4.59. The van der Waals surface area contributed by atoms with Gasteiger partial charge in [-0.3, -0.25) is 0 Å². The Morgan fingerprint density at radius 1 is 1.38 bits per heavy atom. The van der Waals surface area contributed by atoms with Gasteiger partial charge in [0.25, 0.3) is 0 Å². The van der Waals surface area contributed by atoms with Crippen LogP contribution in [0.5, 0.6) is 5.88 Å². The lowest BCUT2D eigenvalue weighted by atomic mass is 10.3. The molecule has 0 radical (unpaired) electrons. The van der Waals surface area contributed by atoms with Crippen molar-refractivity contribution < 1.29 is 4.74 Å². The first-order valence-corrected chi connectivity index (χ1v) is 4.52. The smallest absolute Gasteiger partial charge is 0.218 e. The van der Waals surface area contributed by atoms with Crippen LogP contribution in [0.3, 0.4) is 0 Å². The highest BCUT2D eigenvalue weighted by Crippen LogP contribution is 2.11. The van der Waals surface area contributed by atoms with Gasteiger partial charge in [0.05, 0.1) is 6.61 Å². The van der Waals surface area contributed by atoms with Crippen LogP contribution in [0.4, 0.5) is 5.82 Å². The monoisotopic (exact) mass is 181 g/mol. The lowest BCUT2D eigenvalue weighted by Crippen LogP contribution is -2.03. The Morgan fingerprint density at radius 2 is 2.15 bits per heavy atom. The molecule has 0 aliphatic carbocycles.